The fraction of sp³-hybridized carbons (Fsp3) is 0.265. The van der Waals surface area contributed by atoms with E-state index in [1.807, 2.05) is 6.92 Å². The number of carboxylic acid groups (broad SMARTS) is 1. The molecule has 13 nitrogen and oxygen atoms in total. The summed E-state index contributed by atoms with van der Waals surface area (Å²) < 4.78 is 22.0. The summed E-state index contributed by atoms with van der Waals surface area (Å²) in [5.74, 6) is -2.96. The number of carboxylic acids is 1. The van der Waals surface area contributed by atoms with Crippen LogP contribution in [0.3, 0.4) is 0 Å². The number of carbonyl (C=O) groups excluding carboxylic acids is 4. The van der Waals surface area contributed by atoms with Crippen LogP contribution in [0.1, 0.15) is 38.8 Å². The van der Waals surface area contributed by atoms with Crippen molar-refractivity contribution in [2.75, 3.05) is 4.90 Å². The number of aliphatic hydroxyl groups excluding tert-OH is 1. The van der Waals surface area contributed by atoms with Gasteiger partial charge in [0.25, 0.3) is 0 Å². The first-order chi connectivity index (χ1) is 22.3. The molecule has 1 unspecified atom stereocenters. The lowest BCUT2D eigenvalue weighted by Crippen LogP contribution is -2.63. The molecule has 4 atom stereocenters. The van der Waals surface area contributed by atoms with Gasteiger partial charge in [-0.3, -0.25) is 14.4 Å². The normalized spacial score (nSPS) is 19.9. The zero-order valence-electron chi connectivity index (χ0n) is 25.8. The number of esters is 2. The SMILES string of the molecule is CC(=O)Oc1ccc2c(c1)Oc1cc(OC(C)=O)ccc1N2C(=O)OCc1ccc(C2=C(C(=O)O)N3C(=O)[C@H]([C@@H](C)O)C3[C@H]2C)cc1. The number of carbonyl (C=O) groups is 5. The van der Waals surface area contributed by atoms with Gasteiger partial charge in [-0.15, -0.1) is 0 Å². The molecule has 1 saturated heterocycles. The zero-order chi connectivity index (χ0) is 33.7. The second kappa shape index (κ2) is 11.9. The van der Waals surface area contributed by atoms with Crippen LogP contribution in [0.4, 0.5) is 16.2 Å². The van der Waals surface area contributed by atoms with Crippen LogP contribution >= 0.6 is 0 Å². The smallest absolute Gasteiger partial charge is 0.419 e. The first kappa shape index (κ1) is 31.3. The van der Waals surface area contributed by atoms with E-state index in [1.54, 1.807) is 36.4 Å². The van der Waals surface area contributed by atoms with Crippen molar-refractivity contribution in [2.24, 2.45) is 11.8 Å². The Hall–Kier alpha value is -5.69. The molecule has 3 aliphatic heterocycles. The topological polar surface area (TPSA) is 169 Å². The van der Waals surface area contributed by atoms with E-state index in [4.69, 9.17) is 18.9 Å². The molecule has 6 rings (SSSR count). The van der Waals surface area contributed by atoms with Crippen LogP contribution in [0.15, 0.2) is 66.4 Å². The fourth-order valence-electron chi connectivity index (χ4n) is 6.37. The van der Waals surface area contributed by atoms with Crippen LogP contribution in [0, 0.1) is 11.8 Å². The second-order valence-electron chi connectivity index (χ2n) is 11.5. The molecule has 3 heterocycles. The Balaban J connectivity index is 1.24. The molecule has 2 N–H and O–H groups in total. The molecule has 0 spiro atoms. The number of nitrogens with zero attached hydrogens (tertiary/aromatic N) is 2. The van der Waals surface area contributed by atoms with Crippen molar-refractivity contribution in [3.63, 3.8) is 0 Å². The van der Waals surface area contributed by atoms with Gasteiger partial charge in [-0.1, -0.05) is 31.2 Å². The van der Waals surface area contributed by atoms with Crippen molar-refractivity contribution < 1.29 is 53.1 Å². The average Bonchev–Trinajstić information content (AvgIpc) is 3.26. The Bertz CT molecular complexity index is 1800. The van der Waals surface area contributed by atoms with Crippen LogP contribution in [-0.4, -0.2) is 57.2 Å². The molecule has 3 aromatic rings. The maximum Gasteiger partial charge on any atom is 0.419 e. The Kier molecular flexibility index (Phi) is 7.93. The van der Waals surface area contributed by atoms with E-state index < -0.39 is 48.0 Å². The molecule has 0 aromatic heterocycles. The molecule has 0 saturated carbocycles. The van der Waals surface area contributed by atoms with Crippen LogP contribution in [0.2, 0.25) is 0 Å². The van der Waals surface area contributed by atoms with E-state index in [2.05, 4.69) is 0 Å². The largest absolute Gasteiger partial charge is 0.477 e. The fourth-order valence-corrected chi connectivity index (χ4v) is 6.37. The monoisotopic (exact) mass is 642 g/mol. The highest BCUT2D eigenvalue weighted by atomic mass is 16.6. The summed E-state index contributed by atoms with van der Waals surface area (Å²) in [5, 5.41) is 20.1. The van der Waals surface area contributed by atoms with Crippen molar-refractivity contribution in [3.05, 3.63) is 77.5 Å². The van der Waals surface area contributed by atoms with Crippen molar-refractivity contribution in [2.45, 2.75) is 46.4 Å². The number of rotatable bonds is 7. The van der Waals surface area contributed by atoms with Gasteiger partial charge in [-0.05, 0) is 47.9 Å². The van der Waals surface area contributed by atoms with Gasteiger partial charge in [-0.25, -0.2) is 14.5 Å². The predicted molar refractivity (Wildman–Crippen MR) is 164 cm³/mol. The van der Waals surface area contributed by atoms with Crippen LogP contribution in [0.5, 0.6) is 23.0 Å². The van der Waals surface area contributed by atoms with E-state index >= 15 is 0 Å². The van der Waals surface area contributed by atoms with Gasteiger partial charge >= 0.3 is 24.0 Å². The summed E-state index contributed by atoms with van der Waals surface area (Å²) in [6.07, 6.45) is -1.66. The molecular weight excluding hydrogens is 612 g/mol. The summed E-state index contributed by atoms with van der Waals surface area (Å²) in [6.45, 7) is 5.72. The van der Waals surface area contributed by atoms with E-state index in [0.717, 1.165) is 0 Å². The minimum absolute atomic E-state index is 0.0954. The number of amides is 2. The lowest BCUT2D eigenvalue weighted by atomic mass is 9.77. The standard InChI is InChI=1S/C34H30N2O11/c1-16-28(31(33(41)42)36-30(16)29(17(2)37)32(36)40)21-7-5-20(6-8-21)15-44-34(43)35-24-11-9-22(45-18(3)38)13-26(24)47-27-14-23(46-19(4)39)10-12-25(27)35/h5-14,16-17,29-30,37H,15H2,1-4H3,(H,41,42)/t16-,17+,29+,30?/m0/s1. The Labute approximate surface area is 268 Å². The van der Waals surface area contributed by atoms with Crippen molar-refractivity contribution >= 4 is 46.9 Å². The number of β-lactam (4-membered cyclic amide) rings is 1. The van der Waals surface area contributed by atoms with Gasteiger partial charge in [0.2, 0.25) is 5.91 Å². The van der Waals surface area contributed by atoms with Gasteiger partial charge in [0.1, 0.15) is 23.8 Å². The quantitative estimate of drug-likeness (QED) is 0.207. The number of fused-ring (bicyclic) bond motifs is 3. The number of aliphatic hydroxyl groups is 1. The Morgan fingerprint density at radius 3 is 1.94 bits per heavy atom. The third kappa shape index (κ3) is 5.54. The Morgan fingerprint density at radius 2 is 1.45 bits per heavy atom. The maximum absolute atomic E-state index is 13.6. The molecule has 0 radical (unpaired) electrons. The van der Waals surface area contributed by atoms with Gasteiger partial charge in [0, 0.05) is 31.9 Å². The third-order valence-corrected chi connectivity index (χ3v) is 8.27. The maximum atomic E-state index is 13.6. The highest BCUT2D eigenvalue weighted by Gasteiger charge is 2.60. The van der Waals surface area contributed by atoms with E-state index in [0.29, 0.717) is 28.1 Å². The number of hydrogen-bond acceptors (Lipinski definition) is 10. The minimum atomic E-state index is -1.23. The Morgan fingerprint density at radius 1 is 0.894 bits per heavy atom. The number of ether oxygens (including phenoxy) is 4. The highest BCUT2D eigenvalue weighted by Crippen LogP contribution is 2.51. The third-order valence-electron chi connectivity index (χ3n) is 8.27. The summed E-state index contributed by atoms with van der Waals surface area (Å²) in [4.78, 5) is 64.1. The number of benzene rings is 3. The van der Waals surface area contributed by atoms with Gasteiger partial charge < -0.3 is 34.1 Å². The molecule has 242 valence electrons. The summed E-state index contributed by atoms with van der Waals surface area (Å²) in [7, 11) is 0. The van der Waals surface area contributed by atoms with Crippen LogP contribution in [-0.2, 0) is 30.5 Å². The number of aliphatic carboxylic acids is 1. The number of hydrogen-bond donors (Lipinski definition) is 2. The molecule has 2 amide bonds. The van der Waals surface area contributed by atoms with Crippen molar-refractivity contribution in [3.8, 4) is 23.0 Å². The van der Waals surface area contributed by atoms with E-state index in [-0.39, 0.29) is 41.2 Å². The van der Waals surface area contributed by atoms with Gasteiger partial charge in [0.05, 0.1) is 29.4 Å². The van der Waals surface area contributed by atoms with Crippen molar-refractivity contribution in [1.82, 2.24) is 4.90 Å². The minimum Gasteiger partial charge on any atom is -0.477 e. The molecule has 0 aliphatic carbocycles. The first-order valence-corrected chi connectivity index (χ1v) is 14.7. The lowest BCUT2D eigenvalue weighted by Gasteiger charge is -2.46. The lowest BCUT2D eigenvalue weighted by molar-refractivity contribution is -0.163. The van der Waals surface area contributed by atoms with Crippen LogP contribution < -0.4 is 19.1 Å². The molecule has 3 aromatic carbocycles. The molecule has 13 heteroatoms. The molecule has 1 fully saturated rings. The van der Waals surface area contributed by atoms with E-state index in [9.17, 15) is 34.2 Å². The van der Waals surface area contributed by atoms with Crippen molar-refractivity contribution in [1.29, 1.82) is 0 Å². The highest BCUT2D eigenvalue weighted by molar-refractivity contribution is 6.06. The van der Waals surface area contributed by atoms with Gasteiger partial charge in [0.15, 0.2) is 11.5 Å². The average molecular weight is 643 g/mol. The molecule has 3 aliphatic rings. The van der Waals surface area contributed by atoms with E-state index in [1.165, 1.54) is 54.8 Å². The first-order valence-electron chi connectivity index (χ1n) is 14.7. The molecule has 47 heavy (non-hydrogen) atoms. The summed E-state index contributed by atoms with van der Waals surface area (Å²) >= 11 is 0. The van der Waals surface area contributed by atoms with Crippen LogP contribution in [0.25, 0.3) is 5.57 Å². The zero-order valence-corrected chi connectivity index (χ0v) is 25.8. The second-order valence-corrected chi connectivity index (χ2v) is 11.5. The molecule has 0 bridgehead atoms. The molecular formula is C34H30N2O11. The summed E-state index contributed by atoms with van der Waals surface area (Å²) in [6, 6.07) is 15.3. The summed E-state index contributed by atoms with van der Waals surface area (Å²) in [5.41, 5.74) is 2.22. The number of anilines is 2. The van der Waals surface area contributed by atoms with Gasteiger partial charge in [-0.2, -0.15) is 0 Å². The predicted octanol–water partition coefficient (Wildman–Crippen LogP) is 4.77.